The number of fused-ring (bicyclic) bond motifs is 1. The first-order valence-corrected chi connectivity index (χ1v) is 13.8. The molecule has 5 aromatic rings. The Kier molecular flexibility index (Phi) is 8.05. The van der Waals surface area contributed by atoms with Gasteiger partial charge in [-0.25, -0.2) is 14.2 Å². The van der Waals surface area contributed by atoms with Crippen molar-refractivity contribution in [2.24, 2.45) is 0 Å². The number of amides is 2. The molecule has 8 nitrogen and oxygen atoms in total. The quantitative estimate of drug-likeness (QED) is 0.213. The lowest BCUT2D eigenvalue weighted by Gasteiger charge is -2.27. The molecule has 11 heteroatoms. The summed E-state index contributed by atoms with van der Waals surface area (Å²) in [6, 6.07) is 23.2. The lowest BCUT2D eigenvalue weighted by atomic mass is 10.2. The molecule has 0 bridgehead atoms. The van der Waals surface area contributed by atoms with E-state index in [1.165, 1.54) is 23.1 Å². The summed E-state index contributed by atoms with van der Waals surface area (Å²) in [5.41, 5.74) is 2.50. The zero-order valence-corrected chi connectivity index (χ0v) is 23.6. The van der Waals surface area contributed by atoms with Crippen molar-refractivity contribution in [2.45, 2.75) is 0 Å². The van der Waals surface area contributed by atoms with Crippen molar-refractivity contribution >= 4 is 63.1 Å². The Hall–Kier alpha value is -4.44. The molecule has 0 aliphatic carbocycles. The molecule has 2 amide bonds. The number of ether oxygens (including phenoxy) is 2. The summed E-state index contributed by atoms with van der Waals surface area (Å²) in [4.78, 5) is 26.3. The molecule has 211 valence electrons. The van der Waals surface area contributed by atoms with Gasteiger partial charge in [-0.05, 0) is 60.7 Å². The third-order valence-corrected chi connectivity index (χ3v) is 7.09. The molecule has 0 saturated carbocycles. The number of nitrogens with one attached hydrogen (secondary N) is 1. The van der Waals surface area contributed by atoms with Crippen LogP contribution in [0.4, 0.5) is 32.1 Å². The van der Waals surface area contributed by atoms with Crippen LogP contribution in [0.2, 0.25) is 10.0 Å². The number of carbonyl (C=O) groups is 1. The largest absolute Gasteiger partial charge is 0.454 e. The highest BCUT2D eigenvalue weighted by atomic mass is 35.5. The second-order valence-corrected chi connectivity index (χ2v) is 10.2. The fourth-order valence-electron chi connectivity index (χ4n) is 4.52. The van der Waals surface area contributed by atoms with Crippen molar-refractivity contribution < 1.29 is 18.7 Å². The van der Waals surface area contributed by atoms with Crippen LogP contribution in [0.15, 0.2) is 85.1 Å². The molecule has 0 spiro atoms. The minimum absolute atomic E-state index is 0.0777. The van der Waals surface area contributed by atoms with E-state index in [9.17, 15) is 9.18 Å². The Balaban J connectivity index is 1.26. The monoisotopic (exact) mass is 602 g/mol. The fourth-order valence-corrected chi connectivity index (χ4v) is 4.91. The Labute approximate surface area is 251 Å². The number of halogens is 3. The fraction of sp³-hybridized carbons (Fsp3) is 0.129. The number of nitrogens with zero attached hydrogens (tertiary/aromatic N) is 4. The minimum Gasteiger partial charge on any atom is -0.454 e. The van der Waals surface area contributed by atoms with Crippen molar-refractivity contribution in [3.05, 3.63) is 107 Å². The molecular formula is C31H23Cl2FN5O3. The molecular weight excluding hydrogens is 580 g/mol. The summed E-state index contributed by atoms with van der Waals surface area (Å²) in [6.45, 7) is 2.71. The second-order valence-electron chi connectivity index (χ2n) is 9.35. The normalized spacial score (nSPS) is 13.2. The van der Waals surface area contributed by atoms with Gasteiger partial charge in [0.25, 0.3) is 0 Å². The smallest absolute Gasteiger partial charge is 0.330 e. The number of carbonyl (C=O) groups excluding carboxylic acids is 1. The molecule has 2 heterocycles. The number of morpholine rings is 1. The highest BCUT2D eigenvalue weighted by molar-refractivity contribution is 6.34. The summed E-state index contributed by atoms with van der Waals surface area (Å²) in [6.07, 6.45) is 1.73. The zero-order chi connectivity index (χ0) is 29.1. The van der Waals surface area contributed by atoms with Crippen molar-refractivity contribution in [1.82, 2.24) is 9.97 Å². The van der Waals surface area contributed by atoms with E-state index in [2.05, 4.69) is 21.3 Å². The van der Waals surface area contributed by atoms with E-state index in [0.717, 1.165) is 18.9 Å². The SMILES string of the molecule is O=C(Nc1ccc(F)c(Oc2ccc3ncc(N4CCOCC4)nc3c2)c1)N(c1cccc(Cl)c1)c1cc[c]cc1Cl. The maximum absolute atomic E-state index is 14.9. The molecule has 4 aromatic carbocycles. The third-order valence-electron chi connectivity index (χ3n) is 6.55. The highest BCUT2D eigenvalue weighted by Gasteiger charge is 2.22. The van der Waals surface area contributed by atoms with Gasteiger partial charge in [0.2, 0.25) is 0 Å². The van der Waals surface area contributed by atoms with Crippen LogP contribution in [-0.2, 0) is 4.74 Å². The number of anilines is 4. The topological polar surface area (TPSA) is 79.8 Å². The van der Waals surface area contributed by atoms with E-state index in [4.69, 9.17) is 37.7 Å². The molecule has 0 atom stereocenters. The van der Waals surface area contributed by atoms with E-state index in [1.807, 2.05) is 0 Å². The first-order chi connectivity index (χ1) is 20.4. The van der Waals surface area contributed by atoms with Gasteiger partial charge < -0.3 is 19.7 Å². The molecule has 42 heavy (non-hydrogen) atoms. The maximum atomic E-state index is 14.9. The van der Waals surface area contributed by atoms with Crippen molar-refractivity contribution in [2.75, 3.05) is 41.4 Å². The Morgan fingerprint density at radius 3 is 2.71 bits per heavy atom. The molecule has 1 aliphatic rings. The van der Waals surface area contributed by atoms with Gasteiger partial charge in [0.1, 0.15) is 11.6 Å². The van der Waals surface area contributed by atoms with Gasteiger partial charge in [-0.1, -0.05) is 35.3 Å². The van der Waals surface area contributed by atoms with Gasteiger partial charge >= 0.3 is 6.03 Å². The molecule has 0 unspecified atom stereocenters. The third kappa shape index (κ3) is 6.08. The van der Waals surface area contributed by atoms with Crippen LogP contribution < -0.4 is 19.9 Å². The van der Waals surface area contributed by atoms with Gasteiger partial charge in [-0.3, -0.25) is 9.88 Å². The van der Waals surface area contributed by atoms with Crippen LogP contribution in [0.5, 0.6) is 11.5 Å². The molecule has 6 rings (SSSR count). The maximum Gasteiger partial charge on any atom is 0.330 e. The number of urea groups is 1. The number of benzene rings is 4. The Morgan fingerprint density at radius 2 is 1.90 bits per heavy atom. The van der Waals surface area contributed by atoms with E-state index in [1.54, 1.807) is 66.9 Å². The predicted octanol–water partition coefficient (Wildman–Crippen LogP) is 7.87. The predicted molar refractivity (Wildman–Crippen MR) is 162 cm³/mol. The van der Waals surface area contributed by atoms with Crippen molar-refractivity contribution in [1.29, 1.82) is 0 Å². The molecule has 1 fully saturated rings. The average Bonchev–Trinajstić information content (AvgIpc) is 3.00. The van der Waals surface area contributed by atoms with Gasteiger partial charge in [-0.15, -0.1) is 0 Å². The number of hydrogen-bond acceptors (Lipinski definition) is 6. The zero-order valence-electron chi connectivity index (χ0n) is 22.1. The lowest BCUT2D eigenvalue weighted by molar-refractivity contribution is 0.122. The van der Waals surface area contributed by atoms with Crippen LogP contribution in [0.1, 0.15) is 0 Å². The first kappa shape index (κ1) is 27.7. The number of aromatic nitrogens is 2. The van der Waals surface area contributed by atoms with E-state index < -0.39 is 11.8 Å². The number of rotatable bonds is 6. The Bertz CT molecular complexity index is 1770. The van der Waals surface area contributed by atoms with Crippen LogP contribution in [0.25, 0.3) is 11.0 Å². The van der Waals surface area contributed by atoms with Crippen LogP contribution in [0, 0.1) is 11.9 Å². The molecule has 1 saturated heterocycles. The minimum atomic E-state index is -0.602. The van der Waals surface area contributed by atoms with Crippen LogP contribution in [-0.4, -0.2) is 42.3 Å². The van der Waals surface area contributed by atoms with Crippen LogP contribution >= 0.6 is 23.2 Å². The van der Waals surface area contributed by atoms with Gasteiger partial charge in [0.15, 0.2) is 11.6 Å². The van der Waals surface area contributed by atoms with Gasteiger partial charge in [0.05, 0.1) is 46.8 Å². The standard InChI is InChI=1S/C31H23Cl2FN5O3/c32-20-4-3-5-22(16-20)39(28-7-2-1-6-24(28)33)31(40)36-21-8-10-25(34)29(17-21)42-23-9-11-26-27(18-23)37-30(19-35-26)38-12-14-41-15-13-38/h2-11,16-19H,12-15H2,(H,36,40). The van der Waals surface area contributed by atoms with E-state index in [-0.39, 0.29) is 5.75 Å². The number of hydrogen-bond donors (Lipinski definition) is 1. The molecule has 1 radical (unpaired) electrons. The van der Waals surface area contributed by atoms with Crippen molar-refractivity contribution in [3.63, 3.8) is 0 Å². The first-order valence-electron chi connectivity index (χ1n) is 13.0. The average molecular weight is 603 g/mol. The van der Waals surface area contributed by atoms with Crippen molar-refractivity contribution in [3.8, 4) is 11.5 Å². The Morgan fingerprint density at radius 1 is 1.05 bits per heavy atom. The van der Waals surface area contributed by atoms with Gasteiger partial charge in [0, 0.05) is 35.9 Å². The molecule has 1 aliphatic heterocycles. The summed E-state index contributed by atoms with van der Waals surface area (Å²) < 4.78 is 26.2. The van der Waals surface area contributed by atoms with Crippen LogP contribution in [0.3, 0.4) is 0 Å². The van der Waals surface area contributed by atoms with Gasteiger partial charge in [-0.2, -0.15) is 0 Å². The van der Waals surface area contributed by atoms with E-state index >= 15 is 0 Å². The summed E-state index contributed by atoms with van der Waals surface area (Å²) in [5.74, 6) is 0.423. The lowest BCUT2D eigenvalue weighted by Crippen LogP contribution is -2.36. The van der Waals surface area contributed by atoms with E-state index in [0.29, 0.717) is 57.1 Å². The highest BCUT2D eigenvalue weighted by Crippen LogP contribution is 2.35. The molecule has 1 N–H and O–H groups in total. The summed E-state index contributed by atoms with van der Waals surface area (Å²) in [7, 11) is 0. The second kappa shape index (κ2) is 12.2. The molecule has 1 aromatic heterocycles. The summed E-state index contributed by atoms with van der Waals surface area (Å²) >= 11 is 12.6. The summed E-state index contributed by atoms with van der Waals surface area (Å²) in [5, 5.41) is 3.56.